The first-order chi connectivity index (χ1) is 13.4. The molecule has 0 radical (unpaired) electrons. The molecule has 0 aliphatic rings. The summed E-state index contributed by atoms with van der Waals surface area (Å²) in [5.41, 5.74) is 7.98. The number of carbonyl (C=O) groups is 1. The Kier molecular flexibility index (Phi) is 4.36. The third kappa shape index (κ3) is 3.23. The van der Waals surface area contributed by atoms with Crippen molar-refractivity contribution in [2.45, 2.75) is 6.54 Å². The molecule has 4 aromatic rings. The topological polar surface area (TPSA) is 106 Å². The minimum atomic E-state index is -0.697. The van der Waals surface area contributed by atoms with Gasteiger partial charge >= 0.3 is 6.03 Å². The molecule has 0 aliphatic heterocycles. The number of H-pyrrole nitrogens is 1. The summed E-state index contributed by atoms with van der Waals surface area (Å²) in [5.74, 6) is 0.930. The number of hydrogen-bond donors (Lipinski definition) is 2. The van der Waals surface area contributed by atoms with Gasteiger partial charge in [-0.2, -0.15) is 14.9 Å². The molecule has 9 heteroatoms. The first-order valence-corrected chi connectivity index (χ1v) is 8.57. The molecule has 3 N–H and O–H groups in total. The van der Waals surface area contributed by atoms with Crippen molar-refractivity contribution in [2.75, 3.05) is 14.1 Å². The zero-order valence-electron chi connectivity index (χ0n) is 15.3. The molecule has 0 spiro atoms. The molecular weight excluding hydrogens is 361 g/mol. The largest absolute Gasteiger partial charge is 0.350 e. The third-order valence-electron chi connectivity index (χ3n) is 4.26. The summed E-state index contributed by atoms with van der Waals surface area (Å²) in [4.78, 5) is 18.3. The van der Waals surface area contributed by atoms with Gasteiger partial charge in [0, 0.05) is 16.5 Å². The summed E-state index contributed by atoms with van der Waals surface area (Å²) in [6.07, 6.45) is 0. The number of nitrogens with zero attached hydrogens (tertiary/aromatic N) is 5. The number of aromatic amines is 1. The highest BCUT2D eigenvalue weighted by Gasteiger charge is 2.17. The van der Waals surface area contributed by atoms with E-state index in [9.17, 15) is 9.18 Å². The normalized spacial score (nSPS) is 11.4. The second-order valence-corrected chi connectivity index (χ2v) is 6.68. The lowest BCUT2D eigenvalue weighted by Gasteiger charge is -2.04. The summed E-state index contributed by atoms with van der Waals surface area (Å²) >= 11 is 0. The fraction of sp³-hybridized carbons (Fsp3) is 0.158. The number of carbonyl (C=O) groups excluding carboxylic acids is 1. The molecule has 4 rings (SSSR count). The van der Waals surface area contributed by atoms with E-state index in [1.54, 1.807) is 24.3 Å². The van der Waals surface area contributed by atoms with E-state index in [2.05, 4.69) is 20.3 Å². The summed E-state index contributed by atoms with van der Waals surface area (Å²) in [5, 5.41) is 12.2. The molecule has 2 aromatic carbocycles. The number of halogens is 1. The Balaban J connectivity index is 1.85. The van der Waals surface area contributed by atoms with Crippen molar-refractivity contribution in [3.05, 3.63) is 54.1 Å². The Morgan fingerprint density at radius 1 is 1.18 bits per heavy atom. The minimum Gasteiger partial charge on any atom is -0.350 e. The number of nitrogens with one attached hydrogen (secondary N) is 1. The smallest absolute Gasteiger partial charge is 0.340 e. The molecule has 0 aliphatic carbocycles. The van der Waals surface area contributed by atoms with E-state index in [1.165, 1.54) is 12.1 Å². The summed E-state index contributed by atoms with van der Waals surface area (Å²) in [7, 11) is 3.89. The van der Waals surface area contributed by atoms with Gasteiger partial charge < -0.3 is 10.6 Å². The highest BCUT2D eigenvalue weighted by atomic mass is 19.1. The van der Waals surface area contributed by atoms with E-state index < -0.39 is 6.03 Å². The molecule has 2 aromatic heterocycles. The van der Waals surface area contributed by atoms with Crippen LogP contribution >= 0.6 is 0 Å². The van der Waals surface area contributed by atoms with Crippen LogP contribution in [0.15, 0.2) is 42.5 Å². The molecule has 8 nitrogen and oxygen atoms in total. The van der Waals surface area contributed by atoms with Crippen LogP contribution in [0.25, 0.3) is 33.5 Å². The predicted molar refractivity (Wildman–Crippen MR) is 103 cm³/mol. The second-order valence-electron chi connectivity index (χ2n) is 6.68. The number of hydrogen-bond acceptors (Lipinski definition) is 5. The Bertz CT molecular complexity index is 1160. The van der Waals surface area contributed by atoms with Gasteiger partial charge in [-0.05, 0) is 56.6 Å². The maximum Gasteiger partial charge on any atom is 0.340 e. The molecular formula is C19H18FN7O. The van der Waals surface area contributed by atoms with Crippen molar-refractivity contribution >= 4 is 16.9 Å². The Hall–Kier alpha value is -3.59. The highest BCUT2D eigenvalue weighted by Crippen LogP contribution is 2.31. The Morgan fingerprint density at radius 2 is 1.89 bits per heavy atom. The van der Waals surface area contributed by atoms with Crippen LogP contribution in [0.2, 0.25) is 0 Å². The van der Waals surface area contributed by atoms with E-state index in [0.29, 0.717) is 34.5 Å². The SMILES string of the molecule is CN(C)Cc1nc(-c2ccc3c(c2)c(-c2ccc(F)cc2)nn3C(N)=O)n[nH]1. The first kappa shape index (κ1) is 17.8. The molecule has 1 amide bonds. The summed E-state index contributed by atoms with van der Waals surface area (Å²) in [6.45, 7) is 0.635. The van der Waals surface area contributed by atoms with Crippen LogP contribution in [0.5, 0.6) is 0 Å². The van der Waals surface area contributed by atoms with Gasteiger partial charge in [0.25, 0.3) is 0 Å². The molecule has 142 valence electrons. The van der Waals surface area contributed by atoms with E-state index in [0.717, 1.165) is 16.1 Å². The predicted octanol–water partition coefficient (Wildman–Crippen LogP) is 2.62. The van der Waals surface area contributed by atoms with Crippen molar-refractivity contribution in [3.63, 3.8) is 0 Å². The van der Waals surface area contributed by atoms with Crippen LogP contribution in [0.4, 0.5) is 9.18 Å². The first-order valence-electron chi connectivity index (χ1n) is 8.57. The van der Waals surface area contributed by atoms with Crippen LogP contribution in [0.3, 0.4) is 0 Å². The average molecular weight is 379 g/mol. The number of rotatable bonds is 4. The third-order valence-corrected chi connectivity index (χ3v) is 4.26. The fourth-order valence-electron chi connectivity index (χ4n) is 3.04. The van der Waals surface area contributed by atoms with Crippen LogP contribution < -0.4 is 5.73 Å². The molecule has 0 saturated carbocycles. The average Bonchev–Trinajstić information content (AvgIpc) is 3.26. The molecule has 0 bridgehead atoms. The van der Waals surface area contributed by atoms with Crippen molar-refractivity contribution in [1.29, 1.82) is 0 Å². The van der Waals surface area contributed by atoms with Gasteiger partial charge in [-0.1, -0.05) is 0 Å². The Morgan fingerprint density at radius 3 is 2.57 bits per heavy atom. The molecule has 2 heterocycles. The molecule has 0 fully saturated rings. The number of fused-ring (bicyclic) bond motifs is 1. The van der Waals surface area contributed by atoms with E-state index in [1.807, 2.05) is 25.1 Å². The lowest BCUT2D eigenvalue weighted by Crippen LogP contribution is -2.20. The van der Waals surface area contributed by atoms with Gasteiger partial charge in [0.15, 0.2) is 5.82 Å². The molecule has 0 atom stereocenters. The quantitative estimate of drug-likeness (QED) is 0.567. The van der Waals surface area contributed by atoms with Gasteiger partial charge in [-0.3, -0.25) is 5.10 Å². The summed E-state index contributed by atoms with van der Waals surface area (Å²) in [6, 6.07) is 10.6. The van der Waals surface area contributed by atoms with Crippen molar-refractivity contribution < 1.29 is 9.18 Å². The molecule has 0 unspecified atom stereocenters. The van der Waals surface area contributed by atoms with Crippen LogP contribution in [-0.4, -0.2) is 50.0 Å². The van der Waals surface area contributed by atoms with Gasteiger partial charge in [0.1, 0.15) is 17.3 Å². The van der Waals surface area contributed by atoms with E-state index >= 15 is 0 Å². The van der Waals surface area contributed by atoms with E-state index in [4.69, 9.17) is 5.73 Å². The monoisotopic (exact) mass is 379 g/mol. The number of aromatic nitrogens is 5. The van der Waals surface area contributed by atoms with Gasteiger partial charge in [0.05, 0.1) is 12.1 Å². The van der Waals surface area contributed by atoms with Crippen molar-refractivity contribution in [1.82, 2.24) is 29.9 Å². The van der Waals surface area contributed by atoms with Crippen molar-refractivity contribution in [3.8, 4) is 22.6 Å². The second kappa shape index (κ2) is 6.86. The maximum absolute atomic E-state index is 13.3. The number of primary amides is 1. The number of benzene rings is 2. The number of nitrogens with two attached hydrogens (primary N) is 1. The lowest BCUT2D eigenvalue weighted by atomic mass is 10.1. The van der Waals surface area contributed by atoms with Crippen LogP contribution in [-0.2, 0) is 6.54 Å². The van der Waals surface area contributed by atoms with Gasteiger partial charge in [-0.15, -0.1) is 0 Å². The standard InChI is InChI=1S/C19H18FN7O/c1-26(2)10-16-22-18(24-23-16)12-5-8-15-14(9-12)17(25-27(15)19(21)28)11-3-6-13(20)7-4-11/h3-9H,10H2,1-2H3,(H2,21,28)(H,22,23,24). The minimum absolute atomic E-state index is 0.350. The zero-order valence-corrected chi connectivity index (χ0v) is 15.3. The summed E-state index contributed by atoms with van der Waals surface area (Å²) < 4.78 is 14.4. The van der Waals surface area contributed by atoms with Gasteiger partial charge in [0.2, 0.25) is 0 Å². The van der Waals surface area contributed by atoms with E-state index in [-0.39, 0.29) is 5.82 Å². The number of amides is 1. The fourth-order valence-corrected chi connectivity index (χ4v) is 3.04. The Labute approximate surface area is 159 Å². The molecule has 0 saturated heterocycles. The van der Waals surface area contributed by atoms with Gasteiger partial charge in [-0.25, -0.2) is 14.2 Å². The maximum atomic E-state index is 13.3. The lowest BCUT2D eigenvalue weighted by molar-refractivity contribution is 0.248. The molecule has 28 heavy (non-hydrogen) atoms. The highest BCUT2D eigenvalue weighted by molar-refractivity contribution is 5.99. The van der Waals surface area contributed by atoms with Crippen molar-refractivity contribution in [2.24, 2.45) is 5.73 Å². The van der Waals surface area contributed by atoms with Crippen LogP contribution in [0.1, 0.15) is 5.82 Å². The zero-order chi connectivity index (χ0) is 19.8. The van der Waals surface area contributed by atoms with Crippen LogP contribution in [0, 0.1) is 5.82 Å².